The van der Waals surface area contributed by atoms with Crippen molar-refractivity contribution in [1.29, 1.82) is 0 Å². The third-order valence-electron chi connectivity index (χ3n) is 4.42. The summed E-state index contributed by atoms with van der Waals surface area (Å²) in [6.45, 7) is 1.48. The molecular formula is C17H16ClN7O2. The Morgan fingerprint density at radius 2 is 2.19 bits per heavy atom. The van der Waals surface area contributed by atoms with Gasteiger partial charge in [-0.3, -0.25) is 10.1 Å². The number of aromatic nitrogens is 4. The highest BCUT2D eigenvalue weighted by molar-refractivity contribution is 6.31. The van der Waals surface area contributed by atoms with E-state index >= 15 is 0 Å². The lowest BCUT2D eigenvalue weighted by Crippen LogP contribution is -2.32. The lowest BCUT2D eigenvalue weighted by molar-refractivity contribution is -0.384. The first-order valence-corrected chi connectivity index (χ1v) is 8.74. The van der Waals surface area contributed by atoms with E-state index in [-0.39, 0.29) is 11.5 Å². The van der Waals surface area contributed by atoms with Crippen molar-refractivity contribution < 1.29 is 4.92 Å². The van der Waals surface area contributed by atoms with E-state index in [4.69, 9.17) is 11.6 Å². The minimum Gasteiger partial charge on any atom is -0.350 e. The number of anilines is 2. The van der Waals surface area contributed by atoms with E-state index in [0.29, 0.717) is 30.6 Å². The number of nitro groups is 1. The van der Waals surface area contributed by atoms with Crippen LogP contribution in [0.3, 0.4) is 0 Å². The van der Waals surface area contributed by atoms with Crippen LogP contribution in [0.2, 0.25) is 5.02 Å². The van der Waals surface area contributed by atoms with Crippen molar-refractivity contribution in [2.24, 2.45) is 0 Å². The van der Waals surface area contributed by atoms with Gasteiger partial charge in [-0.25, -0.2) is 9.97 Å². The van der Waals surface area contributed by atoms with Gasteiger partial charge in [0.25, 0.3) is 0 Å². The topological polar surface area (TPSA) is 113 Å². The van der Waals surface area contributed by atoms with Crippen molar-refractivity contribution in [2.75, 3.05) is 16.8 Å². The average molecular weight is 386 g/mol. The minimum absolute atomic E-state index is 0.128. The van der Waals surface area contributed by atoms with Crippen LogP contribution in [-0.2, 0) is 19.5 Å². The highest BCUT2D eigenvalue weighted by Crippen LogP contribution is 2.30. The van der Waals surface area contributed by atoms with Crippen molar-refractivity contribution in [2.45, 2.75) is 19.5 Å². The van der Waals surface area contributed by atoms with Crippen molar-refractivity contribution in [1.82, 2.24) is 19.9 Å². The zero-order chi connectivity index (χ0) is 18.8. The molecule has 0 saturated heterocycles. The lowest BCUT2D eigenvalue weighted by Gasteiger charge is -2.26. The van der Waals surface area contributed by atoms with E-state index in [1.54, 1.807) is 12.4 Å². The summed E-state index contributed by atoms with van der Waals surface area (Å²) in [4.78, 5) is 28.7. The summed E-state index contributed by atoms with van der Waals surface area (Å²) in [7, 11) is 0. The Morgan fingerprint density at radius 1 is 1.33 bits per heavy atom. The predicted octanol–water partition coefficient (Wildman–Crippen LogP) is 2.94. The highest BCUT2D eigenvalue weighted by atomic mass is 35.5. The first kappa shape index (κ1) is 17.2. The third-order valence-corrected chi connectivity index (χ3v) is 4.79. The summed E-state index contributed by atoms with van der Waals surface area (Å²) in [5, 5.41) is 15.2. The molecule has 0 aliphatic carbocycles. The fraction of sp³-hybridized carbons (Fsp3) is 0.235. The predicted molar refractivity (Wildman–Crippen MR) is 101 cm³/mol. The van der Waals surface area contributed by atoms with Crippen LogP contribution in [0.5, 0.6) is 0 Å². The summed E-state index contributed by atoms with van der Waals surface area (Å²) in [6.07, 6.45) is 3.59. The van der Waals surface area contributed by atoms with Gasteiger partial charge in [-0.2, -0.15) is 4.98 Å². The van der Waals surface area contributed by atoms with Crippen LogP contribution in [0.1, 0.15) is 17.0 Å². The summed E-state index contributed by atoms with van der Waals surface area (Å²) in [5.74, 6) is 0.591. The van der Waals surface area contributed by atoms with Crippen LogP contribution >= 0.6 is 11.6 Å². The van der Waals surface area contributed by atoms with E-state index in [9.17, 15) is 10.1 Å². The number of aromatic amines is 1. The quantitative estimate of drug-likeness (QED) is 0.512. The van der Waals surface area contributed by atoms with Crippen LogP contribution in [0.15, 0.2) is 36.8 Å². The number of fused-ring (bicyclic) bond motifs is 1. The average Bonchev–Trinajstić information content (AvgIpc) is 3.15. The molecule has 1 aliphatic heterocycles. The van der Waals surface area contributed by atoms with E-state index in [1.165, 1.54) is 6.20 Å². The van der Waals surface area contributed by atoms with Gasteiger partial charge in [-0.15, -0.1) is 0 Å². The molecule has 0 unspecified atom stereocenters. The fourth-order valence-electron chi connectivity index (χ4n) is 3.02. The second-order valence-electron chi connectivity index (χ2n) is 6.10. The molecule has 2 aromatic heterocycles. The first-order valence-electron chi connectivity index (χ1n) is 8.36. The van der Waals surface area contributed by atoms with Crippen LogP contribution in [-0.4, -0.2) is 31.4 Å². The molecule has 3 heterocycles. The molecule has 2 N–H and O–H groups in total. The number of rotatable bonds is 5. The Kier molecular flexibility index (Phi) is 4.59. The molecular weight excluding hydrogens is 370 g/mol. The van der Waals surface area contributed by atoms with E-state index in [1.807, 2.05) is 23.1 Å². The third kappa shape index (κ3) is 3.54. The number of H-pyrrole nitrogens is 1. The smallest absolute Gasteiger partial charge is 0.329 e. The number of nitrogens with one attached hydrogen (secondary N) is 2. The second-order valence-corrected chi connectivity index (χ2v) is 6.51. The maximum atomic E-state index is 11.4. The Balaban J connectivity index is 1.59. The minimum atomic E-state index is -0.465. The molecule has 0 spiro atoms. The lowest BCUT2D eigenvalue weighted by atomic mass is 10.1. The van der Waals surface area contributed by atoms with Crippen molar-refractivity contribution >= 4 is 29.1 Å². The highest BCUT2D eigenvalue weighted by Gasteiger charge is 2.27. The Hall–Kier alpha value is -3.20. The SMILES string of the molecule is O=[N+]([O-])c1cnc(NCc2ccccc2Cl)nc1N1CCc2[nH]cnc2C1. The van der Waals surface area contributed by atoms with Gasteiger partial charge in [0.2, 0.25) is 11.8 Å². The first-order chi connectivity index (χ1) is 13.1. The Labute approximate surface area is 159 Å². The van der Waals surface area contributed by atoms with Gasteiger partial charge in [-0.05, 0) is 11.6 Å². The van der Waals surface area contributed by atoms with Crippen LogP contribution in [0.4, 0.5) is 17.5 Å². The zero-order valence-corrected chi connectivity index (χ0v) is 15.0. The van der Waals surface area contributed by atoms with Crippen molar-refractivity contribution in [3.05, 3.63) is 68.9 Å². The molecule has 0 saturated carbocycles. The molecule has 138 valence electrons. The van der Waals surface area contributed by atoms with Gasteiger partial charge in [0.05, 0.1) is 23.5 Å². The maximum Gasteiger partial charge on any atom is 0.329 e. The van der Waals surface area contributed by atoms with Gasteiger partial charge < -0.3 is 15.2 Å². The van der Waals surface area contributed by atoms with Gasteiger partial charge in [0, 0.05) is 30.2 Å². The molecule has 0 atom stereocenters. The molecule has 9 nitrogen and oxygen atoms in total. The molecule has 0 amide bonds. The largest absolute Gasteiger partial charge is 0.350 e. The van der Waals surface area contributed by atoms with Gasteiger partial charge in [0.15, 0.2) is 0 Å². The normalized spacial score (nSPS) is 13.3. The van der Waals surface area contributed by atoms with Crippen molar-refractivity contribution in [3.63, 3.8) is 0 Å². The number of halogens is 1. The van der Waals surface area contributed by atoms with Crippen LogP contribution in [0.25, 0.3) is 0 Å². The van der Waals surface area contributed by atoms with Gasteiger partial charge in [-0.1, -0.05) is 29.8 Å². The molecule has 0 fully saturated rings. The Morgan fingerprint density at radius 3 is 3.00 bits per heavy atom. The molecule has 0 radical (unpaired) electrons. The second kappa shape index (κ2) is 7.20. The molecule has 1 aromatic carbocycles. The number of benzene rings is 1. The summed E-state index contributed by atoms with van der Waals surface area (Å²) in [5.41, 5.74) is 2.69. The number of imidazole rings is 1. The molecule has 3 aromatic rings. The molecule has 4 rings (SSSR count). The molecule has 0 bridgehead atoms. The number of nitrogens with zero attached hydrogens (tertiary/aromatic N) is 5. The maximum absolute atomic E-state index is 11.4. The summed E-state index contributed by atoms with van der Waals surface area (Å²) >= 11 is 6.16. The zero-order valence-electron chi connectivity index (χ0n) is 14.2. The van der Waals surface area contributed by atoms with Gasteiger partial charge in [0.1, 0.15) is 6.20 Å². The van der Waals surface area contributed by atoms with E-state index in [2.05, 4.69) is 25.3 Å². The van der Waals surface area contributed by atoms with E-state index < -0.39 is 4.92 Å². The standard InChI is InChI=1S/C17H16ClN7O2/c18-12-4-2-1-3-11(12)7-19-17-20-8-15(25(26)27)16(23-17)24-6-5-13-14(9-24)22-10-21-13/h1-4,8,10H,5-7,9H2,(H,21,22)(H,19,20,23). The monoisotopic (exact) mass is 385 g/mol. The van der Waals surface area contributed by atoms with Crippen LogP contribution in [0, 0.1) is 10.1 Å². The summed E-state index contributed by atoms with van der Waals surface area (Å²) < 4.78 is 0. The molecule has 10 heteroatoms. The number of hydrogen-bond donors (Lipinski definition) is 2. The molecule has 27 heavy (non-hydrogen) atoms. The Bertz CT molecular complexity index is 991. The fourth-order valence-corrected chi connectivity index (χ4v) is 3.22. The van der Waals surface area contributed by atoms with Crippen molar-refractivity contribution in [3.8, 4) is 0 Å². The number of hydrogen-bond acceptors (Lipinski definition) is 7. The van der Waals surface area contributed by atoms with Gasteiger partial charge >= 0.3 is 5.69 Å². The van der Waals surface area contributed by atoms with E-state index in [0.717, 1.165) is 23.4 Å². The summed E-state index contributed by atoms with van der Waals surface area (Å²) in [6, 6.07) is 7.44. The van der Waals surface area contributed by atoms with Crippen LogP contribution < -0.4 is 10.2 Å². The molecule has 1 aliphatic rings.